The van der Waals surface area contributed by atoms with E-state index in [1.807, 2.05) is 16.7 Å². The molecule has 5 heteroatoms. The predicted octanol–water partition coefficient (Wildman–Crippen LogP) is 1.11. The van der Waals surface area contributed by atoms with E-state index in [2.05, 4.69) is 27.4 Å². The minimum atomic E-state index is -0.0688. The molecule has 5 nitrogen and oxygen atoms in total. The van der Waals surface area contributed by atoms with Gasteiger partial charge in [0.25, 0.3) is 5.78 Å². The van der Waals surface area contributed by atoms with Crippen LogP contribution in [-0.4, -0.2) is 26.1 Å². The summed E-state index contributed by atoms with van der Waals surface area (Å²) in [7, 11) is 0. The highest BCUT2D eigenvalue weighted by Crippen LogP contribution is 2.28. The Morgan fingerprint density at radius 2 is 2.31 bits per heavy atom. The second-order valence-electron chi connectivity index (χ2n) is 4.53. The van der Waals surface area contributed by atoms with Crippen molar-refractivity contribution in [3.63, 3.8) is 0 Å². The number of rotatable bonds is 1. The van der Waals surface area contributed by atoms with Gasteiger partial charge in [0, 0.05) is 12.4 Å². The summed E-state index contributed by atoms with van der Waals surface area (Å²) in [5.41, 5.74) is -0.0688. The fraction of sp³-hybridized carbons (Fsp3) is 0.545. The lowest BCUT2D eigenvalue weighted by atomic mass is 9.90. The van der Waals surface area contributed by atoms with Crippen molar-refractivity contribution in [2.24, 2.45) is 0 Å². The molecule has 0 bridgehead atoms. The third-order valence-corrected chi connectivity index (χ3v) is 3.30. The first-order chi connectivity index (χ1) is 7.80. The van der Waals surface area contributed by atoms with Gasteiger partial charge in [0.15, 0.2) is 5.82 Å². The predicted molar refractivity (Wildman–Crippen MR) is 60.0 cm³/mol. The van der Waals surface area contributed by atoms with Crippen molar-refractivity contribution in [1.82, 2.24) is 24.9 Å². The molecule has 2 aromatic heterocycles. The Labute approximate surface area is 93.9 Å². The summed E-state index contributed by atoms with van der Waals surface area (Å²) >= 11 is 0. The number of fused-ring (bicyclic) bond motifs is 1. The van der Waals surface area contributed by atoms with Gasteiger partial charge in [-0.15, -0.1) is 10.2 Å². The van der Waals surface area contributed by atoms with Gasteiger partial charge < -0.3 is 5.32 Å². The molecule has 0 aliphatic carbocycles. The van der Waals surface area contributed by atoms with E-state index >= 15 is 0 Å². The first-order valence-electron chi connectivity index (χ1n) is 5.71. The monoisotopic (exact) mass is 217 g/mol. The third kappa shape index (κ3) is 1.39. The highest BCUT2D eigenvalue weighted by molar-refractivity contribution is 5.28. The first kappa shape index (κ1) is 9.72. The van der Waals surface area contributed by atoms with Gasteiger partial charge >= 0.3 is 0 Å². The van der Waals surface area contributed by atoms with Gasteiger partial charge in [0.05, 0.1) is 5.54 Å². The third-order valence-electron chi connectivity index (χ3n) is 3.30. The highest BCUT2D eigenvalue weighted by Gasteiger charge is 2.32. The van der Waals surface area contributed by atoms with Crippen molar-refractivity contribution in [2.45, 2.75) is 31.7 Å². The van der Waals surface area contributed by atoms with E-state index in [1.54, 1.807) is 6.20 Å². The van der Waals surface area contributed by atoms with Gasteiger partial charge in [0.2, 0.25) is 0 Å². The summed E-state index contributed by atoms with van der Waals surface area (Å²) in [6, 6.07) is 1.91. The molecule has 1 fully saturated rings. The number of nitrogens with zero attached hydrogens (tertiary/aromatic N) is 4. The lowest BCUT2D eigenvalue weighted by Gasteiger charge is -2.33. The van der Waals surface area contributed by atoms with Gasteiger partial charge in [-0.2, -0.15) is 0 Å². The van der Waals surface area contributed by atoms with E-state index in [1.165, 1.54) is 12.8 Å². The minimum Gasteiger partial charge on any atom is -0.305 e. The van der Waals surface area contributed by atoms with Gasteiger partial charge in [-0.25, -0.2) is 4.98 Å². The summed E-state index contributed by atoms with van der Waals surface area (Å²) in [5.74, 6) is 1.64. The largest absolute Gasteiger partial charge is 0.305 e. The average Bonchev–Trinajstić information content (AvgIpc) is 2.74. The molecule has 3 rings (SSSR count). The van der Waals surface area contributed by atoms with Crippen molar-refractivity contribution < 1.29 is 0 Å². The Morgan fingerprint density at radius 3 is 3.12 bits per heavy atom. The van der Waals surface area contributed by atoms with E-state index in [0.717, 1.165) is 18.8 Å². The van der Waals surface area contributed by atoms with Crippen LogP contribution in [0.2, 0.25) is 0 Å². The van der Waals surface area contributed by atoms with Crippen molar-refractivity contribution in [3.05, 3.63) is 24.3 Å². The molecule has 1 aliphatic heterocycles. The maximum absolute atomic E-state index is 4.28. The van der Waals surface area contributed by atoms with Crippen molar-refractivity contribution in [2.75, 3.05) is 6.54 Å². The molecule has 16 heavy (non-hydrogen) atoms. The summed E-state index contributed by atoms with van der Waals surface area (Å²) < 4.78 is 1.97. The zero-order valence-electron chi connectivity index (χ0n) is 9.35. The molecule has 0 radical (unpaired) electrons. The molecule has 2 aromatic rings. The molecule has 0 amide bonds. The van der Waals surface area contributed by atoms with Crippen molar-refractivity contribution >= 4 is 5.78 Å². The standard InChI is InChI=1S/C11H15N5/c1-11(5-2-3-7-13-11)9-14-15-10-12-6-4-8-16(9)10/h4,6,8,13H,2-3,5,7H2,1H3. The Morgan fingerprint density at radius 1 is 1.38 bits per heavy atom. The van der Waals surface area contributed by atoms with E-state index in [4.69, 9.17) is 0 Å². The maximum Gasteiger partial charge on any atom is 0.255 e. The lowest BCUT2D eigenvalue weighted by Crippen LogP contribution is -2.44. The number of nitrogens with one attached hydrogen (secondary N) is 1. The molecule has 1 unspecified atom stereocenters. The molecule has 1 saturated heterocycles. The zero-order chi connectivity index (χ0) is 11.0. The fourth-order valence-electron chi connectivity index (χ4n) is 2.37. The van der Waals surface area contributed by atoms with E-state index in [-0.39, 0.29) is 5.54 Å². The van der Waals surface area contributed by atoms with Crippen LogP contribution in [0.25, 0.3) is 5.78 Å². The van der Waals surface area contributed by atoms with Crippen LogP contribution < -0.4 is 5.32 Å². The van der Waals surface area contributed by atoms with Gasteiger partial charge in [-0.05, 0) is 38.8 Å². The summed E-state index contributed by atoms with van der Waals surface area (Å²) in [6.07, 6.45) is 7.29. The van der Waals surface area contributed by atoms with Gasteiger partial charge in [-0.1, -0.05) is 0 Å². The smallest absolute Gasteiger partial charge is 0.255 e. The average molecular weight is 217 g/mol. The molecule has 3 heterocycles. The quantitative estimate of drug-likeness (QED) is 0.777. The molecular formula is C11H15N5. The van der Waals surface area contributed by atoms with Crippen LogP contribution in [0, 0.1) is 0 Å². The maximum atomic E-state index is 4.28. The summed E-state index contributed by atoms with van der Waals surface area (Å²) in [6.45, 7) is 3.24. The second kappa shape index (κ2) is 3.52. The molecule has 0 saturated carbocycles. The van der Waals surface area contributed by atoms with Gasteiger partial charge in [0.1, 0.15) is 0 Å². The normalized spacial score (nSPS) is 26.1. The number of piperidine rings is 1. The van der Waals surface area contributed by atoms with Crippen LogP contribution in [-0.2, 0) is 5.54 Å². The molecule has 84 valence electrons. The Balaban J connectivity index is 2.11. The summed E-state index contributed by atoms with van der Waals surface area (Å²) in [5, 5.41) is 11.9. The van der Waals surface area contributed by atoms with Crippen LogP contribution in [0.1, 0.15) is 32.0 Å². The molecule has 1 aliphatic rings. The fourth-order valence-corrected chi connectivity index (χ4v) is 2.37. The van der Waals surface area contributed by atoms with Crippen LogP contribution in [0.4, 0.5) is 0 Å². The summed E-state index contributed by atoms with van der Waals surface area (Å²) in [4.78, 5) is 4.19. The Kier molecular flexibility index (Phi) is 2.14. The van der Waals surface area contributed by atoms with Crippen LogP contribution in [0.3, 0.4) is 0 Å². The van der Waals surface area contributed by atoms with E-state index in [0.29, 0.717) is 5.78 Å². The number of aromatic nitrogens is 4. The van der Waals surface area contributed by atoms with Crippen LogP contribution in [0.15, 0.2) is 18.5 Å². The number of hydrogen-bond donors (Lipinski definition) is 1. The molecule has 1 N–H and O–H groups in total. The van der Waals surface area contributed by atoms with Gasteiger partial charge in [-0.3, -0.25) is 4.40 Å². The molecule has 0 spiro atoms. The number of hydrogen-bond acceptors (Lipinski definition) is 4. The van der Waals surface area contributed by atoms with Crippen molar-refractivity contribution in [3.8, 4) is 0 Å². The Bertz CT molecular complexity index is 498. The lowest BCUT2D eigenvalue weighted by molar-refractivity contribution is 0.267. The SMILES string of the molecule is CC1(c2nnc3ncccn23)CCCCN1. The van der Waals surface area contributed by atoms with E-state index in [9.17, 15) is 0 Å². The Hall–Kier alpha value is -1.49. The van der Waals surface area contributed by atoms with Crippen LogP contribution in [0.5, 0.6) is 0 Å². The zero-order valence-corrected chi connectivity index (χ0v) is 9.35. The molecule has 0 aromatic carbocycles. The van der Waals surface area contributed by atoms with Crippen molar-refractivity contribution in [1.29, 1.82) is 0 Å². The van der Waals surface area contributed by atoms with E-state index < -0.39 is 0 Å². The van der Waals surface area contributed by atoms with Crippen LogP contribution >= 0.6 is 0 Å². The topological polar surface area (TPSA) is 55.1 Å². The second-order valence-corrected chi connectivity index (χ2v) is 4.53. The highest BCUT2D eigenvalue weighted by atomic mass is 15.3. The molecule has 1 atom stereocenters. The molecular weight excluding hydrogens is 202 g/mol. The minimum absolute atomic E-state index is 0.0688. The first-order valence-corrected chi connectivity index (χ1v) is 5.71.